The van der Waals surface area contributed by atoms with Gasteiger partial charge in [-0.05, 0) is 12.8 Å². The van der Waals surface area contributed by atoms with Gasteiger partial charge in [-0.2, -0.15) is 0 Å². The molecule has 0 saturated heterocycles. The molecule has 17 heavy (non-hydrogen) atoms. The molecule has 0 atom stereocenters. The molecule has 0 heterocycles. The summed E-state index contributed by atoms with van der Waals surface area (Å²) >= 11 is 4.61. The van der Waals surface area contributed by atoms with Crippen LogP contribution in [-0.2, 0) is 9.59 Å². The quantitative estimate of drug-likeness (QED) is 0.384. The monoisotopic (exact) mass is 257 g/mol. The van der Waals surface area contributed by atoms with E-state index in [0.29, 0.717) is 0 Å². The van der Waals surface area contributed by atoms with Crippen molar-refractivity contribution in [1.29, 1.82) is 0 Å². The van der Waals surface area contributed by atoms with Crippen molar-refractivity contribution in [3.63, 3.8) is 0 Å². The van der Waals surface area contributed by atoms with Crippen LogP contribution in [0.15, 0.2) is 0 Å². The zero-order valence-electron chi connectivity index (χ0n) is 9.83. The van der Waals surface area contributed by atoms with E-state index in [0.717, 1.165) is 25.7 Å². The highest BCUT2D eigenvalue weighted by atomic mass is 32.1. The molecule has 0 aliphatic heterocycles. The molecule has 1 rings (SSSR count). The molecule has 5 nitrogen and oxygen atoms in total. The lowest BCUT2D eigenvalue weighted by Gasteiger charge is -2.15. The maximum Gasteiger partial charge on any atom is 0.309 e. The van der Waals surface area contributed by atoms with Gasteiger partial charge in [0.25, 0.3) is 0 Å². The number of amides is 2. The first-order valence-corrected chi connectivity index (χ1v) is 6.37. The summed E-state index contributed by atoms with van der Waals surface area (Å²) < 4.78 is 0. The molecule has 0 aromatic rings. The van der Waals surface area contributed by atoms with Gasteiger partial charge in [-0.25, -0.2) is 0 Å². The fraction of sp³-hybridized carbons (Fsp3) is 0.727. The smallest absolute Gasteiger partial charge is 0.309 e. The van der Waals surface area contributed by atoms with Crippen LogP contribution in [0.4, 0.5) is 0 Å². The molecule has 1 aliphatic carbocycles. The molecule has 0 bridgehead atoms. The Morgan fingerprint density at radius 3 is 2.24 bits per heavy atom. The Morgan fingerprint density at radius 1 is 1.12 bits per heavy atom. The summed E-state index contributed by atoms with van der Waals surface area (Å²) in [4.78, 5) is 23.1. The molecular formula is C11H19N3O2S. The van der Waals surface area contributed by atoms with Gasteiger partial charge in [0.15, 0.2) is 0 Å². The molecule has 0 aromatic carbocycles. The lowest BCUT2D eigenvalue weighted by molar-refractivity contribution is -0.139. The third-order valence-electron chi connectivity index (χ3n) is 2.82. The van der Waals surface area contributed by atoms with Crippen molar-refractivity contribution < 1.29 is 9.59 Å². The van der Waals surface area contributed by atoms with E-state index in [9.17, 15) is 9.59 Å². The largest absolute Gasteiger partial charge is 0.392 e. The predicted octanol–water partition coefficient (Wildman–Crippen LogP) is 0.228. The minimum Gasteiger partial charge on any atom is -0.392 e. The Balaban J connectivity index is 2.31. The summed E-state index contributed by atoms with van der Waals surface area (Å²) in [6, 6.07) is 0.126. The zero-order chi connectivity index (χ0) is 12.7. The summed E-state index contributed by atoms with van der Waals surface area (Å²) in [5.41, 5.74) is 5.23. The highest BCUT2D eigenvalue weighted by Crippen LogP contribution is 2.16. The van der Waals surface area contributed by atoms with Crippen LogP contribution in [0.5, 0.6) is 0 Å². The van der Waals surface area contributed by atoms with E-state index in [2.05, 4.69) is 22.9 Å². The van der Waals surface area contributed by atoms with Crippen molar-refractivity contribution in [2.24, 2.45) is 5.73 Å². The van der Waals surface area contributed by atoms with E-state index < -0.39 is 11.8 Å². The topological polar surface area (TPSA) is 84.2 Å². The van der Waals surface area contributed by atoms with Crippen molar-refractivity contribution in [2.75, 3.05) is 6.54 Å². The van der Waals surface area contributed by atoms with Gasteiger partial charge in [-0.15, -0.1) is 0 Å². The number of nitrogens with two attached hydrogens (primary N) is 1. The molecule has 0 unspecified atom stereocenters. The van der Waals surface area contributed by atoms with E-state index in [4.69, 9.17) is 5.73 Å². The molecule has 6 heteroatoms. The van der Waals surface area contributed by atoms with Crippen LogP contribution in [0.2, 0.25) is 0 Å². The predicted molar refractivity (Wildman–Crippen MR) is 69.4 cm³/mol. The first-order chi connectivity index (χ1) is 8.09. The van der Waals surface area contributed by atoms with Crippen LogP contribution in [0, 0.1) is 0 Å². The SMILES string of the molecule is NC(=S)CNC(=O)C(=O)NC1CCCCCC1. The maximum atomic E-state index is 11.5. The zero-order valence-corrected chi connectivity index (χ0v) is 10.6. The Morgan fingerprint density at radius 2 is 1.71 bits per heavy atom. The average molecular weight is 257 g/mol. The van der Waals surface area contributed by atoms with Crippen LogP contribution in [0.25, 0.3) is 0 Å². The number of nitrogens with one attached hydrogen (secondary N) is 2. The molecule has 0 spiro atoms. The first kappa shape index (κ1) is 13.9. The van der Waals surface area contributed by atoms with Crippen molar-refractivity contribution >= 4 is 29.0 Å². The van der Waals surface area contributed by atoms with Gasteiger partial charge in [0.1, 0.15) is 0 Å². The van der Waals surface area contributed by atoms with Crippen LogP contribution < -0.4 is 16.4 Å². The number of thiocarbonyl (C=S) groups is 1. The highest BCUT2D eigenvalue weighted by Gasteiger charge is 2.19. The van der Waals surface area contributed by atoms with E-state index in [-0.39, 0.29) is 17.6 Å². The van der Waals surface area contributed by atoms with Crippen LogP contribution in [-0.4, -0.2) is 29.4 Å². The molecular weight excluding hydrogens is 238 g/mol. The van der Waals surface area contributed by atoms with Gasteiger partial charge < -0.3 is 16.4 Å². The lowest BCUT2D eigenvalue weighted by Crippen LogP contribution is -2.46. The highest BCUT2D eigenvalue weighted by molar-refractivity contribution is 7.80. The Hall–Kier alpha value is -1.17. The minimum atomic E-state index is -0.665. The molecule has 96 valence electrons. The fourth-order valence-electron chi connectivity index (χ4n) is 1.92. The number of hydrogen-bond acceptors (Lipinski definition) is 3. The van der Waals surface area contributed by atoms with Crippen molar-refractivity contribution in [3.8, 4) is 0 Å². The number of hydrogen-bond donors (Lipinski definition) is 3. The third-order valence-corrected chi connectivity index (χ3v) is 2.96. The standard InChI is InChI=1S/C11H19N3O2S/c12-9(17)7-13-10(15)11(16)14-8-5-3-1-2-4-6-8/h8H,1-7H2,(H2,12,17)(H,13,15)(H,14,16). The van der Waals surface area contributed by atoms with Gasteiger partial charge in [-0.3, -0.25) is 9.59 Å². The average Bonchev–Trinajstić information content (AvgIpc) is 2.54. The maximum absolute atomic E-state index is 11.5. The lowest BCUT2D eigenvalue weighted by atomic mass is 10.1. The fourth-order valence-corrected chi connectivity index (χ4v) is 1.99. The van der Waals surface area contributed by atoms with Gasteiger partial charge in [-0.1, -0.05) is 37.9 Å². The van der Waals surface area contributed by atoms with Crippen molar-refractivity contribution in [1.82, 2.24) is 10.6 Å². The van der Waals surface area contributed by atoms with E-state index in [1.807, 2.05) is 0 Å². The van der Waals surface area contributed by atoms with Gasteiger partial charge >= 0.3 is 11.8 Å². The number of rotatable bonds is 3. The summed E-state index contributed by atoms with van der Waals surface area (Å²) in [7, 11) is 0. The second-order valence-corrected chi connectivity index (χ2v) is 4.84. The second kappa shape index (κ2) is 7.21. The van der Waals surface area contributed by atoms with Crippen LogP contribution >= 0.6 is 12.2 Å². The normalized spacial score (nSPS) is 16.9. The molecule has 1 saturated carbocycles. The molecule has 2 amide bonds. The number of carbonyl (C=O) groups is 2. The molecule has 1 fully saturated rings. The van der Waals surface area contributed by atoms with Crippen molar-refractivity contribution in [3.05, 3.63) is 0 Å². The first-order valence-electron chi connectivity index (χ1n) is 5.96. The second-order valence-electron chi connectivity index (χ2n) is 4.31. The molecule has 0 radical (unpaired) electrons. The summed E-state index contributed by atoms with van der Waals surface area (Å²) in [5.74, 6) is -1.25. The van der Waals surface area contributed by atoms with E-state index >= 15 is 0 Å². The Labute approximate surface area is 107 Å². The third kappa shape index (κ3) is 5.63. The van der Waals surface area contributed by atoms with Crippen LogP contribution in [0.3, 0.4) is 0 Å². The Kier molecular flexibility index (Phi) is 5.90. The van der Waals surface area contributed by atoms with Gasteiger partial charge in [0, 0.05) is 6.04 Å². The van der Waals surface area contributed by atoms with Gasteiger partial charge in [0.2, 0.25) is 0 Å². The van der Waals surface area contributed by atoms with E-state index in [1.165, 1.54) is 12.8 Å². The minimum absolute atomic E-state index is 0.0618. The molecule has 4 N–H and O–H groups in total. The van der Waals surface area contributed by atoms with Crippen LogP contribution in [0.1, 0.15) is 38.5 Å². The molecule has 1 aliphatic rings. The van der Waals surface area contributed by atoms with Gasteiger partial charge in [0.05, 0.1) is 11.5 Å². The number of carbonyl (C=O) groups excluding carboxylic acids is 2. The summed E-state index contributed by atoms with van der Waals surface area (Å²) in [5, 5.41) is 5.12. The van der Waals surface area contributed by atoms with Crippen molar-refractivity contribution in [2.45, 2.75) is 44.6 Å². The summed E-state index contributed by atoms with van der Waals surface area (Å²) in [6.07, 6.45) is 6.54. The summed E-state index contributed by atoms with van der Waals surface area (Å²) in [6.45, 7) is 0.0618. The Bertz CT molecular complexity index is 299. The van der Waals surface area contributed by atoms with E-state index in [1.54, 1.807) is 0 Å². The molecule has 0 aromatic heterocycles.